The van der Waals surface area contributed by atoms with Gasteiger partial charge in [0.25, 0.3) is 0 Å². The molecule has 92 valence electrons. The Hall–Kier alpha value is -0.0400. The maximum atomic E-state index is 3.84. The summed E-state index contributed by atoms with van der Waals surface area (Å²) in [7, 11) is 0. The van der Waals surface area contributed by atoms with Gasteiger partial charge in [0.2, 0.25) is 0 Å². The summed E-state index contributed by atoms with van der Waals surface area (Å²) in [5.41, 5.74) is 0. The second-order valence-corrected chi connectivity index (χ2v) is 6.38. The summed E-state index contributed by atoms with van der Waals surface area (Å²) in [5.74, 6) is 4.50. The van der Waals surface area contributed by atoms with Crippen molar-refractivity contribution in [2.45, 2.75) is 64.3 Å². The number of hydrogen-bond acceptors (Lipinski definition) is 1. The predicted octanol–water partition coefficient (Wildman–Crippen LogP) is 3.59. The molecule has 0 aromatic rings. The molecule has 1 nitrogen and oxygen atoms in total. The Kier molecular flexibility index (Phi) is 3.24. The van der Waals surface area contributed by atoms with Crippen LogP contribution in [-0.4, -0.2) is 12.6 Å². The van der Waals surface area contributed by atoms with Gasteiger partial charge in [-0.05, 0) is 55.9 Å². The lowest BCUT2D eigenvalue weighted by atomic mass is 10.0. The molecule has 0 radical (unpaired) electrons. The van der Waals surface area contributed by atoms with Crippen LogP contribution in [0.5, 0.6) is 0 Å². The minimum absolute atomic E-state index is 0.956. The fourth-order valence-electron chi connectivity index (χ4n) is 4.60. The monoisotopic (exact) mass is 221 g/mol. The van der Waals surface area contributed by atoms with Crippen molar-refractivity contribution >= 4 is 0 Å². The Morgan fingerprint density at radius 1 is 0.938 bits per heavy atom. The highest BCUT2D eigenvalue weighted by atomic mass is 15.0. The van der Waals surface area contributed by atoms with Gasteiger partial charge in [-0.2, -0.15) is 0 Å². The van der Waals surface area contributed by atoms with Gasteiger partial charge < -0.3 is 5.32 Å². The fourth-order valence-corrected chi connectivity index (χ4v) is 4.60. The van der Waals surface area contributed by atoms with Crippen molar-refractivity contribution in [3.63, 3.8) is 0 Å². The second-order valence-electron chi connectivity index (χ2n) is 6.38. The van der Waals surface area contributed by atoms with E-state index in [0.29, 0.717) is 0 Å². The number of unbranched alkanes of at least 4 members (excludes halogenated alkanes) is 4. The van der Waals surface area contributed by atoms with Gasteiger partial charge in [0.1, 0.15) is 0 Å². The van der Waals surface area contributed by atoms with E-state index >= 15 is 0 Å². The first-order chi connectivity index (χ1) is 7.92. The first-order valence-electron chi connectivity index (χ1n) is 7.65. The highest BCUT2D eigenvalue weighted by Crippen LogP contribution is 2.65. The second kappa shape index (κ2) is 4.68. The first kappa shape index (κ1) is 11.1. The van der Waals surface area contributed by atoms with Crippen LogP contribution in [0.25, 0.3) is 0 Å². The van der Waals surface area contributed by atoms with Gasteiger partial charge in [0, 0.05) is 6.04 Å². The van der Waals surface area contributed by atoms with Crippen molar-refractivity contribution in [3.8, 4) is 0 Å². The normalized spacial score (nSPS) is 43.7. The number of rotatable bonds is 7. The van der Waals surface area contributed by atoms with Gasteiger partial charge in [0.15, 0.2) is 0 Å². The summed E-state index contributed by atoms with van der Waals surface area (Å²) in [4.78, 5) is 0. The fraction of sp³-hybridized carbons (Fsp3) is 1.00. The van der Waals surface area contributed by atoms with Crippen molar-refractivity contribution in [2.24, 2.45) is 23.7 Å². The molecular weight excluding hydrogens is 194 g/mol. The minimum atomic E-state index is 0.956. The number of fused-ring (bicyclic) bond motifs is 5. The van der Waals surface area contributed by atoms with Crippen LogP contribution in [-0.2, 0) is 0 Å². The third-order valence-corrected chi connectivity index (χ3v) is 5.40. The molecule has 4 atom stereocenters. The van der Waals surface area contributed by atoms with Crippen LogP contribution in [0.1, 0.15) is 58.3 Å². The first-order valence-corrected chi connectivity index (χ1v) is 7.65. The maximum absolute atomic E-state index is 3.84. The zero-order valence-electron chi connectivity index (χ0n) is 10.8. The molecule has 3 aliphatic carbocycles. The molecule has 3 rings (SSSR count). The van der Waals surface area contributed by atoms with Crippen LogP contribution in [0.2, 0.25) is 0 Å². The molecule has 1 N–H and O–H groups in total. The topological polar surface area (TPSA) is 12.0 Å². The van der Waals surface area contributed by atoms with Gasteiger partial charge in [0.05, 0.1) is 0 Å². The van der Waals surface area contributed by atoms with Gasteiger partial charge in [-0.3, -0.25) is 0 Å². The summed E-state index contributed by atoms with van der Waals surface area (Å²) in [5, 5.41) is 3.84. The van der Waals surface area contributed by atoms with Gasteiger partial charge in [-0.15, -0.1) is 0 Å². The van der Waals surface area contributed by atoms with Crippen LogP contribution in [0.3, 0.4) is 0 Å². The van der Waals surface area contributed by atoms with E-state index in [4.69, 9.17) is 0 Å². The molecule has 1 heteroatoms. The molecule has 4 unspecified atom stereocenters. The van der Waals surface area contributed by atoms with Crippen molar-refractivity contribution in [2.75, 3.05) is 6.54 Å². The summed E-state index contributed by atoms with van der Waals surface area (Å²) in [6, 6.07) is 0.956. The summed E-state index contributed by atoms with van der Waals surface area (Å²) in [6.45, 7) is 3.58. The summed E-state index contributed by atoms with van der Waals surface area (Å²) >= 11 is 0. The van der Waals surface area contributed by atoms with Crippen LogP contribution < -0.4 is 5.32 Å². The molecule has 0 aromatic heterocycles. The lowest BCUT2D eigenvalue weighted by Crippen LogP contribution is -2.23. The SMILES string of the molecule is CCCCCCCNC1C2C3CCC(C3)C12. The Labute approximate surface area is 100 Å². The molecule has 0 spiro atoms. The van der Waals surface area contributed by atoms with E-state index in [0.717, 1.165) is 29.7 Å². The van der Waals surface area contributed by atoms with Crippen LogP contribution in [0, 0.1) is 23.7 Å². The number of nitrogens with one attached hydrogen (secondary N) is 1. The molecule has 0 aromatic carbocycles. The largest absolute Gasteiger partial charge is 0.313 e. The Balaban J connectivity index is 1.28. The van der Waals surface area contributed by atoms with E-state index in [1.54, 1.807) is 19.3 Å². The maximum Gasteiger partial charge on any atom is 0.0135 e. The molecule has 0 aliphatic heterocycles. The van der Waals surface area contributed by atoms with Gasteiger partial charge >= 0.3 is 0 Å². The summed E-state index contributed by atoms with van der Waals surface area (Å²) in [6.07, 6.45) is 11.8. The molecule has 3 fully saturated rings. The molecule has 3 aliphatic rings. The van der Waals surface area contributed by atoms with Crippen LogP contribution >= 0.6 is 0 Å². The average molecular weight is 221 g/mol. The molecule has 16 heavy (non-hydrogen) atoms. The molecule has 0 heterocycles. The smallest absolute Gasteiger partial charge is 0.0135 e. The number of hydrogen-bond donors (Lipinski definition) is 1. The summed E-state index contributed by atoms with van der Waals surface area (Å²) < 4.78 is 0. The third-order valence-electron chi connectivity index (χ3n) is 5.40. The van der Waals surface area contributed by atoms with Crippen LogP contribution in [0.15, 0.2) is 0 Å². The van der Waals surface area contributed by atoms with E-state index in [-0.39, 0.29) is 0 Å². The van der Waals surface area contributed by atoms with Crippen molar-refractivity contribution < 1.29 is 0 Å². The highest BCUT2D eigenvalue weighted by molar-refractivity contribution is 5.16. The predicted molar refractivity (Wildman–Crippen MR) is 68.4 cm³/mol. The molecular formula is C15H27N. The van der Waals surface area contributed by atoms with E-state index in [9.17, 15) is 0 Å². The highest BCUT2D eigenvalue weighted by Gasteiger charge is 2.64. The standard InChI is InChI=1S/C15H27N/c1-2-3-4-5-6-9-16-15-13-11-7-8-12(10-11)14(13)15/h11-16H,2-10H2,1H3. The Bertz CT molecular complexity index is 222. The van der Waals surface area contributed by atoms with Crippen LogP contribution in [0.4, 0.5) is 0 Å². The quantitative estimate of drug-likeness (QED) is 0.648. The van der Waals surface area contributed by atoms with E-state index < -0.39 is 0 Å². The Morgan fingerprint density at radius 2 is 1.62 bits per heavy atom. The average Bonchev–Trinajstić information content (AvgIpc) is 2.71. The molecule has 2 bridgehead atoms. The van der Waals surface area contributed by atoms with Crippen molar-refractivity contribution in [1.82, 2.24) is 5.32 Å². The zero-order chi connectivity index (χ0) is 11.0. The zero-order valence-corrected chi connectivity index (χ0v) is 10.8. The molecule has 0 amide bonds. The van der Waals surface area contributed by atoms with E-state index in [1.807, 2.05) is 0 Å². The molecule has 3 saturated carbocycles. The van der Waals surface area contributed by atoms with Crippen molar-refractivity contribution in [3.05, 3.63) is 0 Å². The Morgan fingerprint density at radius 3 is 2.31 bits per heavy atom. The van der Waals surface area contributed by atoms with Gasteiger partial charge in [-0.1, -0.05) is 32.6 Å². The van der Waals surface area contributed by atoms with E-state index in [2.05, 4.69) is 12.2 Å². The molecule has 0 saturated heterocycles. The van der Waals surface area contributed by atoms with Crippen molar-refractivity contribution in [1.29, 1.82) is 0 Å². The van der Waals surface area contributed by atoms with Gasteiger partial charge in [-0.25, -0.2) is 0 Å². The minimum Gasteiger partial charge on any atom is -0.313 e. The third kappa shape index (κ3) is 1.92. The lowest BCUT2D eigenvalue weighted by Gasteiger charge is -2.10. The van der Waals surface area contributed by atoms with E-state index in [1.165, 1.54) is 38.6 Å². The lowest BCUT2D eigenvalue weighted by molar-refractivity contribution is 0.455.